The second kappa shape index (κ2) is 8.48. The van der Waals surface area contributed by atoms with Crippen LogP contribution in [0.2, 0.25) is 0 Å². The van der Waals surface area contributed by atoms with Gasteiger partial charge in [-0.3, -0.25) is 0 Å². The number of nitrogens with zero attached hydrogens (tertiary/aromatic N) is 1. The molecule has 0 unspecified atom stereocenters. The predicted octanol–water partition coefficient (Wildman–Crippen LogP) is 3.20. The molecule has 0 spiro atoms. The lowest BCUT2D eigenvalue weighted by Crippen LogP contribution is -2.49. The standard InChI is InChI=1S/C24H31NO6/c1-25(2)10-9-16-12-21-23(31-14-30-21)24(29-4)22(16)18(25)13-17(26)7-5-15-6-8-19(27)20(11-15)28-3/h6,8,11-12,17-18,26H,5,7,9-10,13-14H2,1-4H3/p+1/t17-,18+/m1/s1. The zero-order valence-corrected chi connectivity index (χ0v) is 18.7. The molecule has 2 aliphatic heterocycles. The second-order valence-electron chi connectivity index (χ2n) is 8.92. The van der Waals surface area contributed by atoms with E-state index in [0.29, 0.717) is 30.8 Å². The summed E-state index contributed by atoms with van der Waals surface area (Å²) in [5.74, 6) is 2.71. The van der Waals surface area contributed by atoms with Crippen LogP contribution in [0.3, 0.4) is 0 Å². The zero-order valence-electron chi connectivity index (χ0n) is 18.7. The molecular weight excluding hydrogens is 398 g/mol. The molecular formula is C24H32NO6+. The molecule has 2 aliphatic rings. The Labute approximate surface area is 183 Å². The summed E-state index contributed by atoms with van der Waals surface area (Å²) in [5, 5.41) is 20.8. The summed E-state index contributed by atoms with van der Waals surface area (Å²) in [4.78, 5) is 0. The van der Waals surface area contributed by atoms with Gasteiger partial charge >= 0.3 is 0 Å². The first-order valence-corrected chi connectivity index (χ1v) is 10.7. The Balaban J connectivity index is 1.55. The van der Waals surface area contributed by atoms with Crippen molar-refractivity contribution in [3.63, 3.8) is 0 Å². The fourth-order valence-electron chi connectivity index (χ4n) is 4.76. The lowest BCUT2D eigenvalue weighted by molar-refractivity contribution is -0.924. The number of aliphatic hydroxyl groups excluding tert-OH is 1. The largest absolute Gasteiger partial charge is 0.504 e. The summed E-state index contributed by atoms with van der Waals surface area (Å²) in [6.45, 7) is 1.18. The van der Waals surface area contributed by atoms with Crippen molar-refractivity contribution in [2.75, 3.05) is 41.7 Å². The number of aromatic hydroxyl groups is 1. The van der Waals surface area contributed by atoms with E-state index in [4.69, 9.17) is 18.9 Å². The summed E-state index contributed by atoms with van der Waals surface area (Å²) in [6, 6.07) is 7.47. The Hall–Kier alpha value is -2.64. The molecule has 2 aromatic rings. The number of quaternary nitrogens is 1. The topological polar surface area (TPSA) is 77.4 Å². The van der Waals surface area contributed by atoms with E-state index in [1.807, 2.05) is 12.1 Å². The summed E-state index contributed by atoms with van der Waals surface area (Å²) in [5.41, 5.74) is 3.35. The molecule has 0 amide bonds. The van der Waals surface area contributed by atoms with Crippen molar-refractivity contribution in [1.82, 2.24) is 0 Å². The van der Waals surface area contributed by atoms with Crippen LogP contribution in [0.25, 0.3) is 0 Å². The molecule has 31 heavy (non-hydrogen) atoms. The van der Waals surface area contributed by atoms with E-state index in [1.54, 1.807) is 13.2 Å². The van der Waals surface area contributed by atoms with Gasteiger partial charge in [0.2, 0.25) is 12.5 Å². The average molecular weight is 431 g/mol. The number of aryl methyl sites for hydroxylation is 1. The highest BCUT2D eigenvalue weighted by Crippen LogP contribution is 2.51. The number of hydrogen-bond donors (Lipinski definition) is 2. The van der Waals surface area contributed by atoms with Crippen molar-refractivity contribution in [3.8, 4) is 28.7 Å². The molecule has 2 heterocycles. The normalized spacial score (nSPS) is 19.6. The zero-order chi connectivity index (χ0) is 22.2. The van der Waals surface area contributed by atoms with Gasteiger partial charge in [0.1, 0.15) is 6.04 Å². The Morgan fingerprint density at radius 3 is 2.71 bits per heavy atom. The van der Waals surface area contributed by atoms with Crippen LogP contribution in [0.15, 0.2) is 24.3 Å². The van der Waals surface area contributed by atoms with E-state index in [0.717, 1.165) is 40.1 Å². The van der Waals surface area contributed by atoms with E-state index < -0.39 is 6.10 Å². The van der Waals surface area contributed by atoms with Crippen LogP contribution in [0.5, 0.6) is 28.7 Å². The first kappa shape index (κ1) is 21.6. The molecule has 2 atom stereocenters. The smallest absolute Gasteiger partial charge is 0.231 e. The van der Waals surface area contributed by atoms with Gasteiger partial charge in [-0.2, -0.15) is 0 Å². The van der Waals surface area contributed by atoms with E-state index in [9.17, 15) is 10.2 Å². The molecule has 2 N–H and O–H groups in total. The highest BCUT2D eigenvalue weighted by molar-refractivity contribution is 5.61. The number of phenolic OH excluding ortho intramolecular Hbond substituents is 1. The summed E-state index contributed by atoms with van der Waals surface area (Å²) >= 11 is 0. The van der Waals surface area contributed by atoms with Crippen LogP contribution in [0.1, 0.15) is 35.6 Å². The maximum Gasteiger partial charge on any atom is 0.231 e. The van der Waals surface area contributed by atoms with E-state index in [2.05, 4.69) is 20.2 Å². The number of likely N-dealkylation sites (N-methyl/N-ethyl adjacent to an activating group) is 1. The maximum absolute atomic E-state index is 11.0. The van der Waals surface area contributed by atoms with Crippen molar-refractivity contribution in [1.29, 1.82) is 0 Å². The third kappa shape index (κ3) is 4.12. The molecule has 0 saturated heterocycles. The van der Waals surface area contributed by atoms with Crippen LogP contribution >= 0.6 is 0 Å². The summed E-state index contributed by atoms with van der Waals surface area (Å²) in [7, 11) is 7.61. The van der Waals surface area contributed by atoms with Gasteiger partial charge in [0.05, 0.1) is 46.5 Å². The quantitative estimate of drug-likeness (QED) is 0.657. The number of hydrogen-bond acceptors (Lipinski definition) is 6. The second-order valence-corrected chi connectivity index (χ2v) is 8.92. The number of rotatable bonds is 7. The lowest BCUT2D eigenvalue weighted by atomic mass is 9.85. The molecule has 2 aromatic carbocycles. The van der Waals surface area contributed by atoms with Crippen molar-refractivity contribution < 1.29 is 33.6 Å². The van der Waals surface area contributed by atoms with Gasteiger partial charge in [0, 0.05) is 12.8 Å². The third-order valence-corrected chi connectivity index (χ3v) is 6.59. The van der Waals surface area contributed by atoms with E-state index in [-0.39, 0.29) is 18.6 Å². The Morgan fingerprint density at radius 1 is 1.16 bits per heavy atom. The summed E-state index contributed by atoms with van der Waals surface area (Å²) < 4.78 is 23.1. The van der Waals surface area contributed by atoms with Crippen LogP contribution in [0.4, 0.5) is 0 Å². The fourth-order valence-corrected chi connectivity index (χ4v) is 4.76. The molecule has 4 rings (SSSR count). The van der Waals surface area contributed by atoms with E-state index >= 15 is 0 Å². The van der Waals surface area contributed by atoms with E-state index in [1.165, 1.54) is 12.7 Å². The molecule has 0 fully saturated rings. The minimum absolute atomic E-state index is 0.0811. The van der Waals surface area contributed by atoms with Crippen LogP contribution < -0.4 is 18.9 Å². The maximum atomic E-state index is 11.0. The first-order chi connectivity index (χ1) is 14.8. The first-order valence-electron chi connectivity index (χ1n) is 10.7. The molecule has 7 nitrogen and oxygen atoms in total. The van der Waals surface area contributed by atoms with Gasteiger partial charge in [-0.25, -0.2) is 0 Å². The van der Waals surface area contributed by atoms with Crippen molar-refractivity contribution >= 4 is 0 Å². The Morgan fingerprint density at radius 2 is 1.97 bits per heavy atom. The van der Waals surface area contributed by atoms with Crippen molar-refractivity contribution in [2.24, 2.45) is 0 Å². The Kier molecular flexibility index (Phi) is 5.90. The van der Waals surface area contributed by atoms with Crippen LogP contribution in [-0.4, -0.2) is 62.5 Å². The van der Waals surface area contributed by atoms with Gasteiger partial charge in [-0.15, -0.1) is 0 Å². The fraction of sp³-hybridized carbons (Fsp3) is 0.500. The SMILES string of the molecule is COc1cc(CC[C@@H](O)C[C@H]2c3c(cc4c(c3OC)OCO4)CC[N+]2(C)C)ccc1O. The minimum Gasteiger partial charge on any atom is -0.504 e. The molecule has 0 aromatic heterocycles. The van der Waals surface area contributed by atoms with Gasteiger partial charge < -0.3 is 33.6 Å². The number of ether oxygens (including phenoxy) is 4. The number of benzene rings is 2. The highest BCUT2D eigenvalue weighted by atomic mass is 16.7. The summed E-state index contributed by atoms with van der Waals surface area (Å²) in [6.07, 6.45) is 2.37. The highest BCUT2D eigenvalue weighted by Gasteiger charge is 2.42. The van der Waals surface area contributed by atoms with Crippen LogP contribution in [-0.2, 0) is 12.8 Å². The van der Waals surface area contributed by atoms with Gasteiger partial charge in [-0.05, 0) is 42.2 Å². The number of phenols is 1. The number of fused-ring (bicyclic) bond motifs is 2. The third-order valence-electron chi connectivity index (χ3n) is 6.59. The molecule has 7 heteroatoms. The molecule has 168 valence electrons. The lowest BCUT2D eigenvalue weighted by Gasteiger charge is -2.44. The van der Waals surface area contributed by atoms with Gasteiger partial charge in [0.15, 0.2) is 23.0 Å². The van der Waals surface area contributed by atoms with Crippen LogP contribution in [0, 0.1) is 0 Å². The van der Waals surface area contributed by atoms with Crippen molar-refractivity contribution in [2.45, 2.75) is 37.8 Å². The predicted molar refractivity (Wildman–Crippen MR) is 116 cm³/mol. The number of methoxy groups -OCH3 is 2. The number of aliphatic hydroxyl groups is 1. The monoisotopic (exact) mass is 430 g/mol. The molecule has 0 saturated carbocycles. The minimum atomic E-state index is -0.483. The molecule has 0 radical (unpaired) electrons. The van der Waals surface area contributed by atoms with Gasteiger partial charge in [-0.1, -0.05) is 6.07 Å². The van der Waals surface area contributed by atoms with Gasteiger partial charge in [0.25, 0.3) is 0 Å². The molecule has 0 bridgehead atoms. The van der Waals surface area contributed by atoms with Crippen molar-refractivity contribution in [3.05, 3.63) is 41.0 Å². The Bertz CT molecular complexity index is 958. The average Bonchev–Trinajstić information content (AvgIpc) is 3.22. The molecule has 0 aliphatic carbocycles.